The van der Waals surface area contributed by atoms with Crippen molar-refractivity contribution in [3.8, 4) is 0 Å². The highest BCUT2D eigenvalue weighted by Gasteiger charge is 2.12. The van der Waals surface area contributed by atoms with Crippen molar-refractivity contribution in [2.24, 2.45) is 0 Å². The van der Waals surface area contributed by atoms with Crippen LogP contribution in [0.5, 0.6) is 0 Å². The highest BCUT2D eigenvalue weighted by atomic mass is 16.5. The van der Waals surface area contributed by atoms with Crippen LogP contribution in [0.4, 0.5) is 5.69 Å². The zero-order valence-electron chi connectivity index (χ0n) is 15.8. The fourth-order valence-electron chi connectivity index (χ4n) is 2.72. The number of benzene rings is 2. The Morgan fingerprint density at radius 2 is 1.65 bits per heavy atom. The molecule has 0 heterocycles. The Labute approximate surface area is 155 Å². The molecule has 0 fully saturated rings. The summed E-state index contributed by atoms with van der Waals surface area (Å²) in [6.45, 7) is 5.50. The van der Waals surface area contributed by atoms with Gasteiger partial charge in [0.25, 0.3) is 5.91 Å². The van der Waals surface area contributed by atoms with Crippen molar-refractivity contribution >= 4 is 17.6 Å². The van der Waals surface area contributed by atoms with E-state index in [1.165, 1.54) is 18.2 Å². The van der Waals surface area contributed by atoms with Gasteiger partial charge >= 0.3 is 5.97 Å². The van der Waals surface area contributed by atoms with Gasteiger partial charge in [-0.25, -0.2) is 4.79 Å². The van der Waals surface area contributed by atoms with Crippen LogP contribution in [0.2, 0.25) is 0 Å². The number of hydrogen-bond acceptors (Lipinski definition) is 3. The van der Waals surface area contributed by atoms with Gasteiger partial charge < -0.3 is 15.0 Å². The van der Waals surface area contributed by atoms with Gasteiger partial charge in [0.05, 0.1) is 19.7 Å². The Bertz CT molecular complexity index is 737. The summed E-state index contributed by atoms with van der Waals surface area (Å²) in [5, 5.41) is 2.85. The molecule has 1 atom stereocenters. The summed E-state index contributed by atoms with van der Waals surface area (Å²) >= 11 is 0. The van der Waals surface area contributed by atoms with Gasteiger partial charge in [-0.1, -0.05) is 38.1 Å². The van der Waals surface area contributed by atoms with E-state index in [2.05, 4.69) is 48.2 Å². The summed E-state index contributed by atoms with van der Waals surface area (Å²) in [7, 11) is 3.34. The molecule has 138 valence electrons. The average molecular weight is 355 g/mol. The second-order valence-electron chi connectivity index (χ2n) is 6.82. The van der Waals surface area contributed by atoms with E-state index in [-0.39, 0.29) is 5.91 Å². The predicted molar refractivity (Wildman–Crippen MR) is 102 cm³/mol. The lowest BCUT2D eigenvalue weighted by Gasteiger charge is -2.15. The molecule has 2 aromatic rings. The van der Waals surface area contributed by atoms with Gasteiger partial charge in [0.15, 0.2) is 6.54 Å². The minimum absolute atomic E-state index is 0.0629. The number of amides is 1. The Morgan fingerprint density at radius 1 is 1.04 bits per heavy atom. The van der Waals surface area contributed by atoms with E-state index in [1.54, 1.807) is 24.3 Å². The molecule has 0 spiro atoms. The molecule has 5 nitrogen and oxygen atoms in total. The summed E-state index contributed by atoms with van der Waals surface area (Å²) in [5.41, 5.74) is 3.65. The maximum Gasteiger partial charge on any atom is 0.337 e. The molecule has 0 aliphatic carbocycles. The predicted octanol–water partition coefficient (Wildman–Crippen LogP) is 2.25. The number of anilines is 1. The molecule has 0 saturated carbocycles. The molecule has 2 rings (SSSR count). The summed E-state index contributed by atoms with van der Waals surface area (Å²) in [5.74, 6) is 0.0631. The average Bonchev–Trinajstić information content (AvgIpc) is 2.61. The van der Waals surface area contributed by atoms with Crippen molar-refractivity contribution in [2.45, 2.75) is 26.3 Å². The van der Waals surface area contributed by atoms with E-state index in [9.17, 15) is 9.59 Å². The lowest BCUT2D eigenvalue weighted by Crippen LogP contribution is -3.08. The highest BCUT2D eigenvalue weighted by Crippen LogP contribution is 2.14. The maximum absolute atomic E-state index is 12.2. The second-order valence-corrected chi connectivity index (χ2v) is 6.82. The SMILES string of the molecule is COC(=O)c1ccc(NC(=O)C[NH+](C)Cc2ccc(C(C)C)cc2)cc1. The van der Waals surface area contributed by atoms with Gasteiger partial charge in [0.1, 0.15) is 6.54 Å². The second kappa shape index (κ2) is 9.15. The minimum Gasteiger partial charge on any atom is -0.465 e. The third-order valence-corrected chi connectivity index (χ3v) is 4.20. The normalized spacial score (nSPS) is 11.9. The van der Waals surface area contributed by atoms with Crippen molar-refractivity contribution in [3.63, 3.8) is 0 Å². The van der Waals surface area contributed by atoms with Gasteiger partial charge in [0.2, 0.25) is 0 Å². The number of hydrogen-bond donors (Lipinski definition) is 2. The van der Waals surface area contributed by atoms with Gasteiger partial charge in [-0.05, 0) is 35.7 Å². The lowest BCUT2D eigenvalue weighted by molar-refractivity contribution is -0.885. The molecular formula is C21H27N2O3+. The highest BCUT2D eigenvalue weighted by molar-refractivity contribution is 5.93. The third-order valence-electron chi connectivity index (χ3n) is 4.20. The number of likely N-dealkylation sites (N-methyl/N-ethyl adjacent to an activating group) is 1. The molecular weight excluding hydrogens is 328 g/mol. The van der Waals surface area contributed by atoms with Gasteiger partial charge in [-0.3, -0.25) is 4.79 Å². The van der Waals surface area contributed by atoms with Gasteiger partial charge in [0, 0.05) is 11.3 Å². The van der Waals surface area contributed by atoms with Crippen LogP contribution >= 0.6 is 0 Å². The topological polar surface area (TPSA) is 59.8 Å². The summed E-state index contributed by atoms with van der Waals surface area (Å²) < 4.78 is 4.66. The van der Waals surface area contributed by atoms with Crippen molar-refractivity contribution in [1.29, 1.82) is 0 Å². The third kappa shape index (κ3) is 5.70. The molecule has 0 aromatic heterocycles. The van der Waals surface area contributed by atoms with Crippen LogP contribution in [0, 0.1) is 0 Å². The van der Waals surface area contributed by atoms with Crippen molar-refractivity contribution in [1.82, 2.24) is 0 Å². The smallest absolute Gasteiger partial charge is 0.337 e. The Balaban J connectivity index is 1.85. The van der Waals surface area contributed by atoms with E-state index < -0.39 is 5.97 Å². The number of methoxy groups -OCH3 is 1. The van der Waals surface area contributed by atoms with Crippen LogP contribution in [-0.4, -0.2) is 32.6 Å². The van der Waals surface area contributed by atoms with E-state index >= 15 is 0 Å². The number of rotatable bonds is 7. The summed E-state index contributed by atoms with van der Waals surface area (Å²) in [4.78, 5) is 24.7. The summed E-state index contributed by atoms with van der Waals surface area (Å²) in [6, 6.07) is 15.2. The summed E-state index contributed by atoms with van der Waals surface area (Å²) in [6.07, 6.45) is 0. The van der Waals surface area contributed by atoms with E-state index in [0.29, 0.717) is 23.7 Å². The first kappa shape index (κ1) is 19.7. The first-order valence-electron chi connectivity index (χ1n) is 8.77. The van der Waals surface area contributed by atoms with Crippen LogP contribution < -0.4 is 10.2 Å². The van der Waals surface area contributed by atoms with Crippen LogP contribution in [0.15, 0.2) is 48.5 Å². The van der Waals surface area contributed by atoms with Crippen molar-refractivity contribution < 1.29 is 19.2 Å². The minimum atomic E-state index is -0.393. The van der Waals surface area contributed by atoms with Crippen LogP contribution in [-0.2, 0) is 16.1 Å². The first-order chi connectivity index (χ1) is 12.4. The number of ether oxygens (including phenoxy) is 1. The zero-order chi connectivity index (χ0) is 19.1. The molecule has 2 N–H and O–H groups in total. The fraction of sp³-hybridized carbons (Fsp3) is 0.333. The number of nitrogens with one attached hydrogen (secondary N) is 2. The molecule has 0 bridgehead atoms. The van der Waals surface area contributed by atoms with Gasteiger partial charge in [-0.2, -0.15) is 0 Å². The number of carbonyl (C=O) groups excluding carboxylic acids is 2. The molecule has 0 aliphatic rings. The molecule has 1 unspecified atom stereocenters. The maximum atomic E-state index is 12.2. The van der Waals surface area contributed by atoms with Crippen molar-refractivity contribution in [3.05, 3.63) is 65.2 Å². The van der Waals surface area contributed by atoms with E-state index in [0.717, 1.165) is 11.4 Å². The van der Waals surface area contributed by atoms with Crippen molar-refractivity contribution in [2.75, 3.05) is 26.0 Å². The number of carbonyl (C=O) groups is 2. The van der Waals surface area contributed by atoms with E-state index in [1.807, 2.05) is 7.05 Å². The molecule has 0 saturated heterocycles. The van der Waals surface area contributed by atoms with Crippen LogP contribution in [0.25, 0.3) is 0 Å². The first-order valence-corrected chi connectivity index (χ1v) is 8.77. The largest absolute Gasteiger partial charge is 0.465 e. The Hall–Kier alpha value is -2.66. The lowest BCUT2D eigenvalue weighted by atomic mass is 10.0. The zero-order valence-corrected chi connectivity index (χ0v) is 15.8. The molecule has 0 radical (unpaired) electrons. The monoisotopic (exact) mass is 355 g/mol. The van der Waals surface area contributed by atoms with Crippen LogP contribution in [0.1, 0.15) is 41.3 Å². The molecule has 0 aliphatic heterocycles. The number of quaternary nitrogens is 1. The quantitative estimate of drug-likeness (QED) is 0.749. The van der Waals surface area contributed by atoms with Gasteiger partial charge in [-0.15, -0.1) is 0 Å². The fourth-order valence-corrected chi connectivity index (χ4v) is 2.72. The standard InChI is InChI=1S/C21H26N2O3/c1-15(2)17-7-5-16(6-8-17)13-23(3)14-20(24)22-19-11-9-18(10-12-19)21(25)26-4/h5-12,15H,13-14H2,1-4H3,(H,22,24)/p+1. The molecule has 26 heavy (non-hydrogen) atoms. The Morgan fingerprint density at radius 3 is 2.19 bits per heavy atom. The number of esters is 1. The van der Waals surface area contributed by atoms with E-state index in [4.69, 9.17) is 0 Å². The molecule has 5 heteroatoms. The molecule has 2 aromatic carbocycles. The Kier molecular flexibility index (Phi) is 6.92. The van der Waals surface area contributed by atoms with Crippen LogP contribution in [0.3, 0.4) is 0 Å². The molecule has 1 amide bonds.